The molecule has 1 unspecified atom stereocenters. The van der Waals surface area contributed by atoms with Crippen molar-refractivity contribution in [2.24, 2.45) is 23.5 Å². The van der Waals surface area contributed by atoms with Crippen LogP contribution in [0, 0.1) is 24.7 Å². The van der Waals surface area contributed by atoms with Gasteiger partial charge in [0.2, 0.25) is 17.7 Å². The standard InChI is InChI=1S/C73H92ClN7O16/c1-42(2)54(37-64(85)93-41-55-52-22-14-12-20-50(52)51-21-13-15-23-53(51)55)67(86)77-56(24-17-31-76-69(75)88)58(82)36-47-27-29-48(30-28-47)40-94-71(90)79(8)32-18-26-62(83)80(9)46(6)68(87)96-61-38-63(84)81(10)57-35-49(34-44(4)65(57)74)33-43(3)19-16-25-60(92-11)73(91)39-59(95-70(89)78-73)45(5)66-72(61,7)97-66/h12-16,19-23,25,27-30,34-35,42,45-46,54-56,59-61,66,91H,17-18,24,26,31-33,36-41H2,1-11H3,(H,77,86)(H,78,89)(H3,75,76,88)/b25-16+,43-19+/t45-,46+,54+,56+,59+,60-,61+,66?,72+,73-/m1/s1. The van der Waals surface area contributed by atoms with Gasteiger partial charge in [0.15, 0.2) is 11.5 Å². The minimum Gasteiger partial charge on any atom is -0.465 e. The Balaban J connectivity index is 0.827. The van der Waals surface area contributed by atoms with Crippen LogP contribution in [0.15, 0.2) is 109 Å². The summed E-state index contributed by atoms with van der Waals surface area (Å²) in [5.41, 5.74) is 10.6. The van der Waals surface area contributed by atoms with Gasteiger partial charge < -0.3 is 64.6 Å². The van der Waals surface area contributed by atoms with Crippen molar-refractivity contribution in [3.8, 4) is 11.1 Å². The van der Waals surface area contributed by atoms with E-state index >= 15 is 0 Å². The molecule has 4 aromatic rings. The van der Waals surface area contributed by atoms with E-state index in [4.69, 9.17) is 45.8 Å². The van der Waals surface area contributed by atoms with E-state index in [0.717, 1.165) is 39.0 Å². The summed E-state index contributed by atoms with van der Waals surface area (Å²) in [6.07, 6.45) is 0.223. The van der Waals surface area contributed by atoms with Crippen LogP contribution in [-0.4, -0.2) is 164 Å². The fourth-order valence-corrected chi connectivity index (χ4v) is 13.2. The molecule has 23 nitrogen and oxygen atoms in total. The number of nitrogens with one attached hydrogen (secondary N) is 3. The molecule has 0 aromatic heterocycles. The van der Waals surface area contributed by atoms with Crippen molar-refractivity contribution < 1.29 is 76.7 Å². The minimum atomic E-state index is -1.88. The molecule has 24 heteroatoms. The van der Waals surface area contributed by atoms with Gasteiger partial charge in [-0.25, -0.2) is 19.2 Å². The number of allylic oxidation sites excluding steroid dienone is 3. The van der Waals surface area contributed by atoms with E-state index in [2.05, 4.69) is 16.0 Å². The first-order valence-corrected chi connectivity index (χ1v) is 33.3. The van der Waals surface area contributed by atoms with Crippen molar-refractivity contribution in [3.05, 3.63) is 147 Å². The van der Waals surface area contributed by atoms with Gasteiger partial charge in [0.25, 0.3) is 0 Å². The van der Waals surface area contributed by atoms with Gasteiger partial charge in [0.05, 0.1) is 41.6 Å². The quantitative estimate of drug-likeness (QED) is 0.0189. The number of rotatable bonds is 24. The number of alkyl carbamates (subject to hydrolysis) is 1. The Morgan fingerprint density at radius 2 is 1.58 bits per heavy atom. The van der Waals surface area contributed by atoms with E-state index in [1.807, 2.05) is 94.4 Å². The average Bonchev–Trinajstić information content (AvgIpc) is 1.57. The third kappa shape index (κ3) is 18.5. The molecular formula is C73H92ClN7O16. The van der Waals surface area contributed by atoms with Gasteiger partial charge in [0, 0.05) is 72.4 Å². The summed E-state index contributed by atoms with van der Waals surface area (Å²) in [6, 6.07) is 23.8. The van der Waals surface area contributed by atoms with Crippen LogP contribution in [0.25, 0.3) is 11.1 Å². The summed E-state index contributed by atoms with van der Waals surface area (Å²) in [6.45, 7) is 12.7. The molecule has 3 aliphatic heterocycles. The zero-order valence-electron chi connectivity index (χ0n) is 57.1. The maximum Gasteiger partial charge on any atom is 0.409 e. The number of carbonyl (C=O) groups is 9. The van der Waals surface area contributed by atoms with Crippen LogP contribution >= 0.6 is 11.6 Å². The van der Waals surface area contributed by atoms with Gasteiger partial charge in [-0.2, -0.15) is 0 Å². The molecule has 10 atom stereocenters. The zero-order chi connectivity index (χ0) is 70.6. The van der Waals surface area contributed by atoms with E-state index in [-0.39, 0.29) is 88.9 Å². The number of halogens is 1. The molecule has 4 bridgehead atoms. The molecule has 2 fully saturated rings. The van der Waals surface area contributed by atoms with Crippen molar-refractivity contribution in [1.29, 1.82) is 0 Å². The monoisotopic (exact) mass is 1360 g/mol. The number of amides is 7. The molecule has 8 rings (SSSR count). The largest absolute Gasteiger partial charge is 0.465 e. The number of benzene rings is 4. The Morgan fingerprint density at radius 3 is 2.23 bits per heavy atom. The highest BCUT2D eigenvalue weighted by atomic mass is 35.5. The Bertz CT molecular complexity index is 3590. The number of methoxy groups -OCH3 is 1. The third-order valence-corrected chi connectivity index (χ3v) is 19.5. The van der Waals surface area contributed by atoms with E-state index in [1.165, 1.54) is 42.8 Å². The minimum absolute atomic E-state index is 0.0663. The number of hydrogen-bond acceptors (Lipinski definition) is 16. The Hall–Kier alpha value is -8.64. The SMILES string of the molecule is CO[C@@H]1/C=C/C=C(\C)Cc2cc(C)c(Cl)c(c2)N(C)C(=O)C[C@H](OC(=O)[C@H](C)N(C)C(=O)CCCN(C)C(=O)OCc2ccc(CC(=O)[C@H](CCCNC(N)=O)NC(=O)[C@@H](CC(=O)OCC3c4ccccc4-c4ccccc43)C(C)C)cc2)[C@]2(C)OC2[C@H](C)[C@@H]2C[C@]1(O)NC(=O)O2. The van der Waals surface area contributed by atoms with E-state index in [9.17, 15) is 48.3 Å². The number of urea groups is 1. The van der Waals surface area contributed by atoms with Crippen LogP contribution < -0.4 is 26.6 Å². The zero-order valence-corrected chi connectivity index (χ0v) is 57.9. The Kier molecular flexibility index (Phi) is 24.9. The normalized spacial score (nSPS) is 23.3. The number of aliphatic hydroxyl groups is 1. The van der Waals surface area contributed by atoms with Crippen molar-refractivity contribution >= 4 is 70.9 Å². The first-order chi connectivity index (χ1) is 46.0. The predicted molar refractivity (Wildman–Crippen MR) is 363 cm³/mol. The lowest BCUT2D eigenvalue weighted by atomic mass is 9.83. The number of primary amides is 1. The number of likely N-dealkylation sites (N-methyl/N-ethyl adjacent to an activating group) is 1. The van der Waals surface area contributed by atoms with Gasteiger partial charge >= 0.3 is 30.2 Å². The Morgan fingerprint density at radius 1 is 0.918 bits per heavy atom. The maximum atomic E-state index is 14.4. The summed E-state index contributed by atoms with van der Waals surface area (Å²) < 4.78 is 35.4. The van der Waals surface area contributed by atoms with E-state index < -0.39 is 108 Å². The predicted octanol–water partition coefficient (Wildman–Crippen LogP) is 8.93. The van der Waals surface area contributed by atoms with Crippen molar-refractivity contribution in [2.75, 3.05) is 52.8 Å². The summed E-state index contributed by atoms with van der Waals surface area (Å²) in [5, 5.41) is 20.2. The number of nitrogens with zero attached hydrogens (tertiary/aromatic N) is 3. The number of Topliss-reactive ketones (excluding diaryl/α,β-unsaturated/α-hetero) is 1. The van der Waals surface area contributed by atoms with Crippen LogP contribution in [0.3, 0.4) is 0 Å². The molecule has 4 aliphatic rings. The van der Waals surface area contributed by atoms with E-state index in [1.54, 1.807) is 57.3 Å². The van der Waals surface area contributed by atoms with Crippen LogP contribution in [0.5, 0.6) is 0 Å². The molecule has 4 aromatic carbocycles. The molecular weight excluding hydrogens is 1270 g/mol. The van der Waals surface area contributed by atoms with Crippen LogP contribution in [0.2, 0.25) is 5.02 Å². The van der Waals surface area contributed by atoms with Crippen LogP contribution in [-0.2, 0) is 76.6 Å². The number of ether oxygens (including phenoxy) is 6. The van der Waals surface area contributed by atoms with Gasteiger partial charge in [-0.1, -0.05) is 135 Å². The number of ketones is 1. The second-order valence-electron chi connectivity index (χ2n) is 26.5. The maximum absolute atomic E-state index is 14.4. The highest BCUT2D eigenvalue weighted by Gasteiger charge is 2.64. The molecule has 522 valence electrons. The number of aryl methyl sites for hydroxylation is 1. The van der Waals surface area contributed by atoms with Crippen LogP contribution in [0.1, 0.15) is 126 Å². The lowest BCUT2D eigenvalue weighted by Crippen LogP contribution is -2.63. The number of fused-ring (bicyclic) bond motifs is 8. The number of nitrogens with two attached hydrogens (primary N) is 1. The highest BCUT2D eigenvalue weighted by molar-refractivity contribution is 6.34. The number of hydrogen-bond donors (Lipinski definition) is 5. The molecule has 0 spiro atoms. The molecule has 1 aliphatic carbocycles. The molecule has 0 saturated carbocycles. The number of carbonyl (C=O) groups excluding carboxylic acids is 9. The number of epoxide rings is 1. The van der Waals surface area contributed by atoms with Crippen LogP contribution in [0.4, 0.5) is 20.1 Å². The second kappa shape index (κ2) is 32.6. The first-order valence-electron chi connectivity index (χ1n) is 33.0. The Labute approximate surface area is 572 Å². The lowest BCUT2D eigenvalue weighted by Gasteiger charge is -2.42. The molecule has 6 N–H and O–H groups in total. The van der Waals surface area contributed by atoms with Crippen molar-refractivity contribution in [1.82, 2.24) is 25.8 Å². The number of esters is 2. The molecule has 97 heavy (non-hydrogen) atoms. The lowest BCUT2D eigenvalue weighted by molar-refractivity contribution is -0.162. The highest BCUT2D eigenvalue weighted by Crippen LogP contribution is 2.50. The van der Waals surface area contributed by atoms with Gasteiger partial charge in [0.1, 0.15) is 43.2 Å². The summed E-state index contributed by atoms with van der Waals surface area (Å²) >= 11 is 6.86. The molecule has 3 heterocycles. The average molecular weight is 1360 g/mol. The van der Waals surface area contributed by atoms with Crippen molar-refractivity contribution in [3.63, 3.8) is 0 Å². The first kappa shape index (κ1) is 74.2. The van der Waals surface area contributed by atoms with Gasteiger partial charge in [-0.05, 0) is 110 Å². The summed E-state index contributed by atoms with van der Waals surface area (Å²) in [4.78, 5) is 125. The fraction of sp³-hybridized carbons (Fsp3) is 0.493. The summed E-state index contributed by atoms with van der Waals surface area (Å²) in [7, 11) is 5.97. The van der Waals surface area contributed by atoms with Gasteiger partial charge in [-0.15, -0.1) is 0 Å². The number of anilines is 1. The molecule has 2 saturated heterocycles. The second-order valence-corrected chi connectivity index (χ2v) is 26.9. The van der Waals surface area contributed by atoms with E-state index in [0.29, 0.717) is 34.7 Å². The molecule has 7 amide bonds. The van der Waals surface area contributed by atoms with Gasteiger partial charge in [-0.3, -0.25) is 29.3 Å². The third-order valence-electron chi connectivity index (χ3n) is 19.1. The fourth-order valence-electron chi connectivity index (χ4n) is 12.9. The van der Waals surface area contributed by atoms with Crippen molar-refractivity contribution in [2.45, 2.75) is 167 Å². The topological polar surface area (TPSA) is 304 Å². The smallest absolute Gasteiger partial charge is 0.409 e. The summed E-state index contributed by atoms with van der Waals surface area (Å²) in [5.74, 6) is -4.87. The molecule has 0 radical (unpaired) electrons.